The van der Waals surface area contributed by atoms with E-state index in [4.69, 9.17) is 0 Å². The van der Waals surface area contributed by atoms with Gasteiger partial charge in [-0.25, -0.2) is 8.42 Å². The van der Waals surface area contributed by atoms with Gasteiger partial charge in [0.15, 0.2) is 0 Å². The number of rotatable bonds is 2. The van der Waals surface area contributed by atoms with Crippen molar-refractivity contribution in [2.24, 2.45) is 0 Å². The largest absolute Gasteiger partial charge is 0.507 e. The van der Waals surface area contributed by atoms with E-state index in [1.807, 2.05) is 0 Å². The monoisotopic (exact) mass is 294 g/mol. The molecule has 2 aliphatic rings. The fourth-order valence-electron chi connectivity index (χ4n) is 2.75. The van der Waals surface area contributed by atoms with E-state index in [9.17, 15) is 13.5 Å². The standard InChI is InChI=1S/C14H18N2O3S/c1-15-5-7-16(8-6-15)9-11-10-20(18,19)13-4-2-3-12(17)14(11)13/h2-4,10,17H,5-9H2,1H3. The van der Waals surface area contributed by atoms with Crippen LogP contribution in [0.25, 0.3) is 5.57 Å². The molecule has 1 fully saturated rings. The van der Waals surface area contributed by atoms with Gasteiger partial charge in [0, 0.05) is 43.7 Å². The van der Waals surface area contributed by atoms with E-state index in [2.05, 4.69) is 16.8 Å². The molecule has 0 spiro atoms. The summed E-state index contributed by atoms with van der Waals surface area (Å²) in [6.07, 6.45) is 0. The van der Waals surface area contributed by atoms with Gasteiger partial charge in [0.25, 0.3) is 0 Å². The number of nitrogens with zero attached hydrogens (tertiary/aromatic N) is 2. The number of sulfone groups is 1. The molecule has 1 N–H and O–H groups in total. The van der Waals surface area contributed by atoms with Crippen molar-refractivity contribution in [2.75, 3.05) is 39.8 Å². The molecule has 0 unspecified atom stereocenters. The number of likely N-dealkylation sites (N-methyl/N-ethyl adjacent to an activating group) is 1. The summed E-state index contributed by atoms with van der Waals surface area (Å²) in [6.45, 7) is 4.35. The molecule has 20 heavy (non-hydrogen) atoms. The number of hydrogen-bond donors (Lipinski definition) is 1. The second-order valence-corrected chi connectivity index (χ2v) is 7.18. The lowest BCUT2D eigenvalue weighted by atomic mass is 10.1. The van der Waals surface area contributed by atoms with Crippen molar-refractivity contribution in [2.45, 2.75) is 4.90 Å². The zero-order valence-electron chi connectivity index (χ0n) is 11.4. The lowest BCUT2D eigenvalue weighted by Gasteiger charge is -2.32. The minimum absolute atomic E-state index is 0.0453. The van der Waals surface area contributed by atoms with Gasteiger partial charge in [-0.2, -0.15) is 0 Å². The van der Waals surface area contributed by atoms with Gasteiger partial charge in [0.2, 0.25) is 9.84 Å². The van der Waals surface area contributed by atoms with Crippen LogP contribution < -0.4 is 0 Å². The molecule has 108 valence electrons. The lowest BCUT2D eigenvalue weighted by Crippen LogP contribution is -2.44. The molecule has 6 heteroatoms. The van der Waals surface area contributed by atoms with E-state index in [1.54, 1.807) is 12.1 Å². The van der Waals surface area contributed by atoms with Crippen LogP contribution >= 0.6 is 0 Å². The first-order chi connectivity index (χ1) is 9.47. The van der Waals surface area contributed by atoms with E-state index in [-0.39, 0.29) is 10.6 Å². The first kappa shape index (κ1) is 13.6. The third-order valence-corrected chi connectivity index (χ3v) is 5.47. The molecule has 2 heterocycles. The molecule has 2 aliphatic heterocycles. The Labute approximate surface area is 119 Å². The molecule has 0 atom stereocenters. The van der Waals surface area contributed by atoms with Crippen LogP contribution in [0.4, 0.5) is 0 Å². The predicted octanol–water partition coefficient (Wildman–Crippen LogP) is 0.768. The Morgan fingerprint density at radius 1 is 1.20 bits per heavy atom. The highest BCUT2D eigenvalue weighted by Gasteiger charge is 2.30. The number of phenols is 1. The van der Waals surface area contributed by atoms with E-state index in [0.29, 0.717) is 17.7 Å². The normalized spacial score (nSPS) is 22.6. The van der Waals surface area contributed by atoms with Crippen molar-refractivity contribution < 1.29 is 13.5 Å². The zero-order valence-corrected chi connectivity index (χ0v) is 12.2. The summed E-state index contributed by atoms with van der Waals surface area (Å²) in [4.78, 5) is 4.70. The highest BCUT2D eigenvalue weighted by Crippen LogP contribution is 2.39. The number of hydrogen-bond acceptors (Lipinski definition) is 5. The van der Waals surface area contributed by atoms with Gasteiger partial charge >= 0.3 is 0 Å². The molecule has 5 nitrogen and oxygen atoms in total. The van der Waals surface area contributed by atoms with E-state index in [0.717, 1.165) is 26.2 Å². The van der Waals surface area contributed by atoms with Crippen LogP contribution in [0.15, 0.2) is 28.5 Å². The smallest absolute Gasteiger partial charge is 0.200 e. The van der Waals surface area contributed by atoms with Gasteiger partial charge in [-0.3, -0.25) is 4.90 Å². The molecular weight excluding hydrogens is 276 g/mol. The van der Waals surface area contributed by atoms with Gasteiger partial charge < -0.3 is 10.0 Å². The fourth-order valence-corrected chi connectivity index (χ4v) is 4.23. The van der Waals surface area contributed by atoms with E-state index < -0.39 is 9.84 Å². The highest BCUT2D eigenvalue weighted by molar-refractivity contribution is 7.95. The van der Waals surface area contributed by atoms with Crippen molar-refractivity contribution >= 4 is 15.4 Å². The van der Waals surface area contributed by atoms with Crippen LogP contribution in [-0.2, 0) is 9.84 Å². The minimum Gasteiger partial charge on any atom is -0.507 e. The van der Waals surface area contributed by atoms with E-state index in [1.165, 1.54) is 11.5 Å². The number of piperazine rings is 1. The third kappa shape index (κ3) is 2.34. The van der Waals surface area contributed by atoms with Crippen LogP contribution in [0.3, 0.4) is 0 Å². The van der Waals surface area contributed by atoms with Crippen molar-refractivity contribution in [3.63, 3.8) is 0 Å². The van der Waals surface area contributed by atoms with Crippen molar-refractivity contribution in [1.29, 1.82) is 0 Å². The third-order valence-electron chi connectivity index (χ3n) is 3.92. The summed E-state index contributed by atoms with van der Waals surface area (Å²) in [5.41, 5.74) is 1.18. The average molecular weight is 294 g/mol. The lowest BCUT2D eigenvalue weighted by molar-refractivity contribution is 0.168. The summed E-state index contributed by atoms with van der Waals surface area (Å²) in [7, 11) is -1.32. The van der Waals surface area contributed by atoms with Gasteiger partial charge in [0.05, 0.1) is 4.90 Å². The molecule has 0 amide bonds. The Morgan fingerprint density at radius 2 is 1.90 bits per heavy atom. The van der Waals surface area contributed by atoms with Crippen molar-refractivity contribution in [3.05, 3.63) is 29.2 Å². The van der Waals surface area contributed by atoms with Gasteiger partial charge in [-0.05, 0) is 24.8 Å². The van der Waals surface area contributed by atoms with Crippen molar-refractivity contribution in [1.82, 2.24) is 9.80 Å². The summed E-state index contributed by atoms with van der Waals surface area (Å²) >= 11 is 0. The molecule has 1 saturated heterocycles. The van der Waals surface area contributed by atoms with Crippen molar-refractivity contribution in [3.8, 4) is 5.75 Å². The quantitative estimate of drug-likeness (QED) is 0.873. The summed E-state index contributed by atoms with van der Waals surface area (Å²) in [6, 6.07) is 4.66. The second kappa shape index (κ2) is 4.87. The maximum absolute atomic E-state index is 12.1. The van der Waals surface area contributed by atoms with Crippen LogP contribution in [0.1, 0.15) is 5.56 Å². The summed E-state index contributed by atoms with van der Waals surface area (Å²) in [5, 5.41) is 11.3. The first-order valence-electron chi connectivity index (χ1n) is 6.66. The van der Waals surface area contributed by atoms with Crippen LogP contribution in [-0.4, -0.2) is 63.1 Å². The number of phenolic OH excluding ortho intramolecular Hbond substituents is 1. The average Bonchev–Trinajstić information content (AvgIpc) is 2.65. The topological polar surface area (TPSA) is 60.9 Å². The van der Waals surface area contributed by atoms with Crippen LogP contribution in [0.2, 0.25) is 0 Å². The van der Waals surface area contributed by atoms with Gasteiger partial charge in [-0.15, -0.1) is 0 Å². The summed E-state index contributed by atoms with van der Waals surface area (Å²) in [5.74, 6) is 0.0453. The Kier molecular flexibility index (Phi) is 3.32. The molecule has 0 bridgehead atoms. The van der Waals surface area contributed by atoms with Crippen LogP contribution in [0.5, 0.6) is 5.75 Å². The Balaban J connectivity index is 1.89. The van der Waals surface area contributed by atoms with Gasteiger partial charge in [-0.1, -0.05) is 6.07 Å². The second-order valence-electron chi connectivity index (χ2n) is 5.42. The highest BCUT2D eigenvalue weighted by atomic mass is 32.2. The zero-order chi connectivity index (χ0) is 14.3. The summed E-state index contributed by atoms with van der Waals surface area (Å²) < 4.78 is 24.2. The Hall–Kier alpha value is -1.37. The van der Waals surface area contributed by atoms with E-state index >= 15 is 0 Å². The number of aromatic hydroxyl groups is 1. The first-order valence-corrected chi connectivity index (χ1v) is 8.21. The minimum atomic E-state index is -3.40. The predicted molar refractivity (Wildman–Crippen MR) is 77.2 cm³/mol. The molecule has 0 saturated carbocycles. The van der Waals surface area contributed by atoms with Gasteiger partial charge in [0.1, 0.15) is 5.75 Å². The number of fused-ring (bicyclic) bond motifs is 1. The Bertz CT molecular complexity index is 659. The maximum Gasteiger partial charge on any atom is 0.200 e. The van der Waals surface area contributed by atoms with Crippen LogP contribution in [0, 0.1) is 0 Å². The maximum atomic E-state index is 12.1. The molecule has 0 aliphatic carbocycles. The Morgan fingerprint density at radius 3 is 2.60 bits per heavy atom. The molecule has 3 rings (SSSR count). The number of benzene rings is 1. The molecule has 0 radical (unpaired) electrons. The SMILES string of the molecule is CN1CCN(CC2=CS(=O)(=O)c3cccc(O)c32)CC1. The molecule has 1 aromatic carbocycles. The molecular formula is C14H18N2O3S. The molecule has 0 aromatic heterocycles. The fraction of sp³-hybridized carbons (Fsp3) is 0.429. The molecule has 1 aromatic rings.